The van der Waals surface area contributed by atoms with E-state index in [1.807, 2.05) is 0 Å². The van der Waals surface area contributed by atoms with E-state index < -0.39 is 5.63 Å². The van der Waals surface area contributed by atoms with Crippen molar-refractivity contribution >= 4 is 23.2 Å². The largest absolute Gasteiger partial charge is 0.431 e. The van der Waals surface area contributed by atoms with Crippen molar-refractivity contribution in [3.8, 4) is 0 Å². The summed E-state index contributed by atoms with van der Waals surface area (Å²) < 4.78 is 4.59. The molecule has 4 heteroatoms. The Morgan fingerprint density at radius 3 is 2.55 bits per heavy atom. The van der Waals surface area contributed by atoms with E-state index in [9.17, 15) is 4.79 Å². The van der Waals surface area contributed by atoms with Crippen LogP contribution in [-0.2, 0) is 11.8 Å². The summed E-state index contributed by atoms with van der Waals surface area (Å²) in [6.45, 7) is 0. The van der Waals surface area contributed by atoms with Crippen molar-refractivity contribution in [3.63, 3.8) is 0 Å². The van der Waals surface area contributed by atoms with Gasteiger partial charge in [-0.15, -0.1) is 23.2 Å². The third-order valence-corrected chi connectivity index (χ3v) is 1.91. The maximum absolute atomic E-state index is 10.9. The highest BCUT2D eigenvalue weighted by atomic mass is 35.5. The molecule has 0 spiro atoms. The van der Waals surface area contributed by atoms with Crippen molar-refractivity contribution in [2.75, 3.05) is 0 Å². The number of alkyl halides is 2. The van der Waals surface area contributed by atoms with Gasteiger partial charge in [0.05, 0.1) is 17.7 Å². The van der Waals surface area contributed by atoms with E-state index in [-0.39, 0.29) is 11.8 Å². The van der Waals surface area contributed by atoms with Gasteiger partial charge in [0, 0.05) is 5.88 Å². The van der Waals surface area contributed by atoms with Gasteiger partial charge in [0.2, 0.25) is 0 Å². The van der Waals surface area contributed by atoms with Crippen molar-refractivity contribution in [2.45, 2.75) is 11.8 Å². The van der Waals surface area contributed by atoms with Crippen LogP contribution in [0.2, 0.25) is 0 Å². The Morgan fingerprint density at radius 2 is 2.09 bits per heavy atom. The van der Waals surface area contributed by atoms with E-state index in [0.29, 0.717) is 5.56 Å². The molecule has 0 saturated carbocycles. The Bertz CT molecular complexity index is 293. The van der Waals surface area contributed by atoms with Crippen LogP contribution in [-0.4, -0.2) is 0 Å². The number of rotatable bonds is 2. The lowest BCUT2D eigenvalue weighted by atomic mass is 10.2. The predicted molar refractivity (Wildman–Crippen MR) is 44.1 cm³/mol. The molecule has 0 N–H and O–H groups in total. The van der Waals surface area contributed by atoms with E-state index in [1.54, 1.807) is 6.07 Å². The lowest BCUT2D eigenvalue weighted by Gasteiger charge is -1.98. The quantitative estimate of drug-likeness (QED) is 0.673. The lowest BCUT2D eigenvalue weighted by Crippen LogP contribution is -2.07. The minimum Gasteiger partial charge on any atom is -0.431 e. The smallest absolute Gasteiger partial charge is 0.340 e. The summed E-state index contributed by atoms with van der Waals surface area (Å²) in [5.74, 6) is 0.429. The molecule has 1 aromatic heterocycles. The highest BCUT2D eigenvalue weighted by Gasteiger charge is 2.04. The van der Waals surface area contributed by atoms with Crippen molar-refractivity contribution in [1.29, 1.82) is 0 Å². The molecule has 0 atom stereocenters. The molecule has 1 aromatic rings. The van der Waals surface area contributed by atoms with Gasteiger partial charge in [-0.1, -0.05) is 0 Å². The highest BCUT2D eigenvalue weighted by molar-refractivity contribution is 6.18. The molecule has 11 heavy (non-hydrogen) atoms. The molecule has 0 aliphatic rings. The van der Waals surface area contributed by atoms with Crippen LogP contribution >= 0.6 is 23.2 Å². The first-order chi connectivity index (χ1) is 5.29. The fourth-order valence-corrected chi connectivity index (χ4v) is 1.28. The molecule has 0 radical (unpaired) electrons. The first kappa shape index (κ1) is 8.62. The van der Waals surface area contributed by atoms with Crippen LogP contribution in [0, 0.1) is 0 Å². The number of hydrogen-bond acceptors (Lipinski definition) is 2. The molecule has 2 nitrogen and oxygen atoms in total. The van der Waals surface area contributed by atoms with Crippen LogP contribution in [0.5, 0.6) is 0 Å². The summed E-state index contributed by atoms with van der Waals surface area (Å²) in [6.07, 6.45) is 1.32. The van der Waals surface area contributed by atoms with Crippen LogP contribution in [0.3, 0.4) is 0 Å². The van der Waals surface area contributed by atoms with Crippen molar-refractivity contribution in [2.24, 2.45) is 0 Å². The topological polar surface area (TPSA) is 30.2 Å². The van der Waals surface area contributed by atoms with Crippen LogP contribution in [0.15, 0.2) is 21.5 Å². The van der Waals surface area contributed by atoms with E-state index in [2.05, 4.69) is 4.42 Å². The van der Waals surface area contributed by atoms with Gasteiger partial charge in [-0.25, -0.2) is 4.79 Å². The summed E-state index contributed by atoms with van der Waals surface area (Å²) in [5.41, 5.74) is 0.778. The fraction of sp³-hybridized carbons (Fsp3) is 0.286. The summed E-state index contributed by atoms with van der Waals surface area (Å²) >= 11 is 11.0. The molecule has 0 saturated heterocycles. The maximum Gasteiger partial charge on any atom is 0.340 e. The SMILES string of the molecule is O=c1occc(CCl)c1CCl. The zero-order chi connectivity index (χ0) is 8.27. The molecule has 1 rings (SSSR count). The minimum absolute atomic E-state index is 0.144. The average Bonchev–Trinajstić information content (AvgIpc) is 2.04. The highest BCUT2D eigenvalue weighted by Crippen LogP contribution is 2.08. The van der Waals surface area contributed by atoms with Crippen LogP contribution in [0.1, 0.15) is 11.1 Å². The molecule has 0 amide bonds. The summed E-state index contributed by atoms with van der Waals surface area (Å²) in [7, 11) is 0. The maximum atomic E-state index is 10.9. The van der Waals surface area contributed by atoms with Gasteiger partial charge < -0.3 is 4.42 Å². The summed E-state index contributed by atoms with van der Waals surface area (Å²) in [6, 6.07) is 1.64. The van der Waals surface area contributed by atoms with Gasteiger partial charge in [0.15, 0.2) is 0 Å². The average molecular weight is 193 g/mol. The Hall–Kier alpha value is -0.470. The van der Waals surface area contributed by atoms with Crippen LogP contribution in [0.25, 0.3) is 0 Å². The molecule has 0 aliphatic heterocycles. The van der Waals surface area contributed by atoms with Crippen molar-refractivity contribution < 1.29 is 4.42 Å². The van der Waals surface area contributed by atoms with E-state index in [1.165, 1.54) is 6.26 Å². The molecule has 0 bridgehead atoms. The lowest BCUT2D eigenvalue weighted by molar-refractivity contribution is 0.502. The zero-order valence-electron chi connectivity index (χ0n) is 5.64. The standard InChI is InChI=1S/C7H6Cl2O2/c8-3-5-1-2-11-7(10)6(5)4-9/h1-2H,3-4H2. The van der Waals surface area contributed by atoms with Gasteiger partial charge in [-0.05, 0) is 11.6 Å². The predicted octanol–water partition coefficient (Wildman–Crippen LogP) is 2.12. The second kappa shape index (κ2) is 3.79. The molecule has 0 fully saturated rings. The third kappa shape index (κ3) is 1.76. The number of hydrogen-bond donors (Lipinski definition) is 0. The first-order valence-corrected chi connectivity index (χ1v) is 4.08. The second-order valence-electron chi connectivity index (χ2n) is 1.98. The third-order valence-electron chi connectivity index (χ3n) is 1.36. The van der Waals surface area contributed by atoms with Crippen molar-refractivity contribution in [1.82, 2.24) is 0 Å². The monoisotopic (exact) mass is 192 g/mol. The van der Waals surface area contributed by atoms with E-state index in [4.69, 9.17) is 23.2 Å². The Morgan fingerprint density at radius 1 is 1.36 bits per heavy atom. The van der Waals surface area contributed by atoms with Gasteiger partial charge in [0.1, 0.15) is 0 Å². The molecule has 60 valence electrons. The Labute approximate surface area is 73.7 Å². The normalized spacial score (nSPS) is 10.0. The van der Waals surface area contributed by atoms with Gasteiger partial charge in [0.25, 0.3) is 0 Å². The van der Waals surface area contributed by atoms with Crippen molar-refractivity contribution in [3.05, 3.63) is 33.9 Å². The van der Waals surface area contributed by atoms with Crippen LogP contribution in [0.4, 0.5) is 0 Å². The fourth-order valence-electron chi connectivity index (χ4n) is 0.746. The van der Waals surface area contributed by atoms with Gasteiger partial charge >= 0.3 is 5.63 Å². The molecule has 0 aromatic carbocycles. The second-order valence-corrected chi connectivity index (χ2v) is 2.51. The van der Waals surface area contributed by atoms with Gasteiger partial charge in [-0.2, -0.15) is 0 Å². The van der Waals surface area contributed by atoms with E-state index in [0.717, 1.165) is 5.56 Å². The minimum atomic E-state index is -0.404. The summed E-state index contributed by atoms with van der Waals surface area (Å²) in [5, 5.41) is 0. The first-order valence-electron chi connectivity index (χ1n) is 3.01. The van der Waals surface area contributed by atoms with E-state index >= 15 is 0 Å². The molecular weight excluding hydrogens is 187 g/mol. The molecule has 0 unspecified atom stereocenters. The number of halogens is 2. The summed E-state index contributed by atoms with van der Waals surface area (Å²) in [4.78, 5) is 10.9. The molecule has 1 heterocycles. The van der Waals surface area contributed by atoms with Gasteiger partial charge in [-0.3, -0.25) is 0 Å². The zero-order valence-corrected chi connectivity index (χ0v) is 7.15. The Kier molecular flexibility index (Phi) is 2.97. The Balaban J connectivity index is 3.24. The van der Waals surface area contributed by atoms with Crippen LogP contribution < -0.4 is 5.63 Å². The molecular formula is C7H6Cl2O2. The molecule has 0 aliphatic carbocycles.